The molecule has 0 saturated carbocycles. The molecule has 0 aliphatic carbocycles. The molecule has 0 rings (SSSR count). The van der Waals surface area contributed by atoms with E-state index in [1.54, 1.807) is 0 Å². The van der Waals surface area contributed by atoms with Crippen LogP contribution in [0, 0.1) is 0 Å². The Balaban J connectivity index is 3.93. The van der Waals surface area contributed by atoms with Crippen molar-refractivity contribution in [1.82, 2.24) is 0 Å². The molecule has 2 atom stereocenters. The number of esters is 1. The van der Waals surface area contributed by atoms with Crippen LogP contribution in [-0.4, -0.2) is 49.9 Å². The number of hydrogen-bond donors (Lipinski definition) is 2. The Morgan fingerprint density at radius 2 is 0.824 bits per heavy atom. The van der Waals surface area contributed by atoms with Gasteiger partial charge in [-0.2, -0.15) is 0 Å². The van der Waals surface area contributed by atoms with Gasteiger partial charge in [0.2, 0.25) is 0 Å². The fourth-order valence-electron chi connectivity index (χ4n) is 7.70. The maximum absolute atomic E-state index is 12.7. The Morgan fingerprint density at radius 1 is 0.456 bits per heavy atom. The van der Waals surface area contributed by atoms with Crippen molar-refractivity contribution in [2.75, 3.05) is 33.0 Å². The molecule has 0 aromatic rings. The number of unbranched alkanes of at least 4 members (excludes halogenated alkanes) is 26. The minimum atomic E-state index is -4.29. The molecule has 0 aromatic carbocycles. The Kier molecular flexibility index (Phi) is 53.7. The first-order chi connectivity index (χ1) is 33.4. The summed E-state index contributed by atoms with van der Waals surface area (Å²) < 4.78 is 33.7. The Hall–Kier alpha value is -2.32. The van der Waals surface area contributed by atoms with Gasteiger partial charge in [0.25, 0.3) is 0 Å². The van der Waals surface area contributed by atoms with E-state index < -0.39 is 13.9 Å². The Bertz CT molecular complexity index is 1320. The fourth-order valence-corrected chi connectivity index (χ4v) is 8.47. The molecular formula is C59H106NO7P. The smallest absolute Gasteiger partial charge is 0.457 e. The van der Waals surface area contributed by atoms with E-state index in [9.17, 15) is 14.3 Å². The number of rotatable bonds is 53. The average molecular weight is 972 g/mol. The predicted octanol–water partition coefficient (Wildman–Crippen LogP) is 18.0. The highest BCUT2D eigenvalue weighted by Crippen LogP contribution is 2.43. The molecule has 2 unspecified atom stereocenters. The topological polar surface area (TPSA) is 117 Å². The highest BCUT2D eigenvalue weighted by Gasteiger charge is 2.25. The number of carbonyl (C=O) groups is 1. The third-order valence-corrected chi connectivity index (χ3v) is 12.8. The van der Waals surface area contributed by atoms with Gasteiger partial charge in [0.05, 0.1) is 19.8 Å². The molecule has 0 heterocycles. The van der Waals surface area contributed by atoms with Crippen molar-refractivity contribution in [1.29, 1.82) is 0 Å². The van der Waals surface area contributed by atoms with Crippen LogP contribution in [0.25, 0.3) is 0 Å². The monoisotopic (exact) mass is 972 g/mol. The fraction of sp³-hybridized carbons (Fsp3) is 0.746. The SMILES string of the molecule is CC/C=C\C/C=C\C/C=C\C/C=C\C/C=C\CCCCCCCCCCOCC(COP(=O)(O)OCCN)OC(=O)CCCCCCCCCCCCCCC/C=C\C/C=C\CCCCCCC. The summed E-state index contributed by atoms with van der Waals surface area (Å²) >= 11 is 0. The predicted molar refractivity (Wildman–Crippen MR) is 293 cm³/mol. The number of phosphoric ester groups is 1. The van der Waals surface area contributed by atoms with Gasteiger partial charge >= 0.3 is 13.8 Å². The lowest BCUT2D eigenvalue weighted by atomic mass is 10.0. The van der Waals surface area contributed by atoms with Crippen LogP contribution >= 0.6 is 7.82 Å². The molecule has 8 nitrogen and oxygen atoms in total. The minimum Gasteiger partial charge on any atom is -0.457 e. The van der Waals surface area contributed by atoms with Crippen LogP contribution in [0.3, 0.4) is 0 Å². The van der Waals surface area contributed by atoms with Crippen molar-refractivity contribution in [3.8, 4) is 0 Å². The van der Waals surface area contributed by atoms with Crippen LogP contribution in [0.4, 0.5) is 0 Å². The molecule has 0 aliphatic heterocycles. The number of ether oxygens (including phenoxy) is 2. The summed E-state index contributed by atoms with van der Waals surface area (Å²) in [5.74, 6) is -0.335. The molecular weight excluding hydrogens is 866 g/mol. The minimum absolute atomic E-state index is 0.0953. The van der Waals surface area contributed by atoms with E-state index in [4.69, 9.17) is 24.3 Å². The van der Waals surface area contributed by atoms with Gasteiger partial charge < -0.3 is 20.1 Å². The molecule has 0 saturated heterocycles. The molecule has 0 aromatic heterocycles. The number of nitrogens with two attached hydrogens (primary N) is 1. The first-order valence-corrected chi connectivity index (χ1v) is 29.6. The van der Waals surface area contributed by atoms with Gasteiger partial charge in [0, 0.05) is 19.6 Å². The summed E-state index contributed by atoms with van der Waals surface area (Å²) in [5.41, 5.74) is 5.40. The van der Waals surface area contributed by atoms with Gasteiger partial charge in [-0.1, -0.05) is 234 Å². The van der Waals surface area contributed by atoms with Gasteiger partial charge in [-0.15, -0.1) is 0 Å². The number of hydrogen-bond acceptors (Lipinski definition) is 7. The molecule has 0 fully saturated rings. The van der Waals surface area contributed by atoms with E-state index in [1.165, 1.54) is 148 Å². The molecule has 0 aliphatic rings. The van der Waals surface area contributed by atoms with E-state index in [1.807, 2.05) is 0 Å². The third kappa shape index (κ3) is 54.6. The maximum atomic E-state index is 12.7. The lowest BCUT2D eigenvalue weighted by Gasteiger charge is -2.20. The van der Waals surface area contributed by atoms with Crippen molar-refractivity contribution in [3.05, 3.63) is 85.1 Å². The van der Waals surface area contributed by atoms with Crippen LogP contribution in [0.1, 0.15) is 245 Å². The quantitative estimate of drug-likeness (QED) is 0.0268. The van der Waals surface area contributed by atoms with Crippen molar-refractivity contribution < 1.29 is 32.8 Å². The van der Waals surface area contributed by atoms with Gasteiger partial charge in [-0.25, -0.2) is 4.57 Å². The van der Waals surface area contributed by atoms with E-state index in [2.05, 4.69) is 98.9 Å². The molecule has 0 bridgehead atoms. The van der Waals surface area contributed by atoms with Crippen LogP contribution in [0.5, 0.6) is 0 Å². The van der Waals surface area contributed by atoms with E-state index in [0.29, 0.717) is 13.0 Å². The number of phosphoric acid groups is 1. The van der Waals surface area contributed by atoms with Gasteiger partial charge in [0.15, 0.2) is 0 Å². The lowest BCUT2D eigenvalue weighted by Crippen LogP contribution is -2.28. The lowest BCUT2D eigenvalue weighted by molar-refractivity contribution is -0.154. The highest BCUT2D eigenvalue weighted by atomic mass is 31.2. The molecule has 68 heavy (non-hydrogen) atoms. The van der Waals surface area contributed by atoms with E-state index >= 15 is 0 Å². The Morgan fingerprint density at radius 3 is 1.24 bits per heavy atom. The maximum Gasteiger partial charge on any atom is 0.472 e. The average Bonchev–Trinajstić information content (AvgIpc) is 3.33. The number of carbonyl (C=O) groups excluding carboxylic acids is 1. The van der Waals surface area contributed by atoms with Crippen molar-refractivity contribution >= 4 is 13.8 Å². The normalized spacial score (nSPS) is 13.9. The summed E-state index contributed by atoms with van der Waals surface area (Å²) in [5, 5.41) is 0. The first kappa shape index (κ1) is 65.7. The first-order valence-electron chi connectivity index (χ1n) is 28.1. The van der Waals surface area contributed by atoms with Crippen molar-refractivity contribution in [3.63, 3.8) is 0 Å². The molecule has 0 amide bonds. The second-order valence-corrected chi connectivity index (χ2v) is 19.9. The Labute approximate surface area is 419 Å². The van der Waals surface area contributed by atoms with Crippen LogP contribution in [0.2, 0.25) is 0 Å². The van der Waals surface area contributed by atoms with E-state index in [-0.39, 0.29) is 32.3 Å². The molecule has 0 radical (unpaired) electrons. The van der Waals surface area contributed by atoms with Crippen molar-refractivity contribution in [2.45, 2.75) is 251 Å². The molecule has 0 spiro atoms. The molecule has 394 valence electrons. The van der Waals surface area contributed by atoms with Gasteiger partial charge in [0.1, 0.15) is 6.10 Å². The molecule has 9 heteroatoms. The zero-order valence-corrected chi connectivity index (χ0v) is 45.0. The second kappa shape index (κ2) is 55.6. The van der Waals surface area contributed by atoms with Crippen LogP contribution in [-0.2, 0) is 27.9 Å². The second-order valence-electron chi connectivity index (χ2n) is 18.4. The largest absolute Gasteiger partial charge is 0.472 e. The molecule has 3 N–H and O–H groups in total. The zero-order valence-electron chi connectivity index (χ0n) is 44.1. The summed E-state index contributed by atoms with van der Waals surface area (Å²) in [4.78, 5) is 22.7. The van der Waals surface area contributed by atoms with Crippen LogP contribution in [0.15, 0.2) is 85.1 Å². The highest BCUT2D eigenvalue weighted by molar-refractivity contribution is 7.47. The van der Waals surface area contributed by atoms with Gasteiger partial charge in [-0.05, 0) is 89.9 Å². The van der Waals surface area contributed by atoms with E-state index in [0.717, 1.165) is 77.0 Å². The van der Waals surface area contributed by atoms with Crippen LogP contribution < -0.4 is 5.73 Å². The zero-order chi connectivity index (χ0) is 49.4. The summed E-state index contributed by atoms with van der Waals surface area (Å²) in [6.07, 6.45) is 73.4. The summed E-state index contributed by atoms with van der Waals surface area (Å²) in [6, 6.07) is 0. The number of allylic oxidation sites excluding steroid dienone is 14. The third-order valence-electron chi connectivity index (χ3n) is 11.8. The summed E-state index contributed by atoms with van der Waals surface area (Å²) in [7, 11) is -4.29. The standard InChI is InChI=1S/C59H106NO7P/c1-3-5-7-9-11-13-15-17-19-21-23-25-27-29-30-32-34-36-38-40-42-44-46-48-50-52-59(61)67-58(57-66-68(62,63)65-55-53-60)56-64-54-51-49-47-45-43-41-39-37-35-33-31-28-26-24-22-20-18-16-14-12-10-8-6-4-2/h6,8,12,14-15,17-18,20-21,23-24,26,31,33,58H,3-5,7,9-11,13,16,19,22,25,27-30,32,34-57,60H2,1-2H3,(H,62,63)/b8-6-,14-12-,17-15-,20-18-,23-21-,26-24-,33-31-. The van der Waals surface area contributed by atoms with Gasteiger partial charge in [-0.3, -0.25) is 13.8 Å². The summed E-state index contributed by atoms with van der Waals surface area (Å²) in [6.45, 7) is 4.79. The van der Waals surface area contributed by atoms with Crippen molar-refractivity contribution in [2.24, 2.45) is 5.73 Å².